The van der Waals surface area contributed by atoms with Crippen LogP contribution in [0.5, 0.6) is 5.75 Å². The van der Waals surface area contributed by atoms with Gasteiger partial charge >= 0.3 is 0 Å². The van der Waals surface area contributed by atoms with Crippen molar-refractivity contribution in [2.24, 2.45) is 4.99 Å². The maximum absolute atomic E-state index is 13.3. The maximum atomic E-state index is 13.3. The molecule has 0 N–H and O–H groups in total. The Kier molecular flexibility index (Phi) is 7.53. The number of aliphatic imine (C=N–C) groups is 1. The minimum absolute atomic E-state index is 0.0348. The van der Waals surface area contributed by atoms with Crippen molar-refractivity contribution in [1.29, 1.82) is 0 Å². The number of hydrogen-bond donors (Lipinski definition) is 0. The van der Waals surface area contributed by atoms with Gasteiger partial charge in [-0.1, -0.05) is 54.9 Å². The summed E-state index contributed by atoms with van der Waals surface area (Å²) in [5.74, 6) is 0.782. The summed E-state index contributed by atoms with van der Waals surface area (Å²) in [4.78, 5) is 20.5. The average molecular weight is 477 g/mol. The van der Waals surface area contributed by atoms with E-state index in [1.165, 1.54) is 17.3 Å². The predicted molar refractivity (Wildman–Crippen MR) is 138 cm³/mol. The molecular weight excluding hydrogens is 452 g/mol. The molecule has 1 heterocycles. The predicted octanol–water partition coefficient (Wildman–Crippen LogP) is 6.76. The summed E-state index contributed by atoms with van der Waals surface area (Å²) >= 11 is 7.41. The van der Waals surface area contributed by atoms with Gasteiger partial charge in [-0.05, 0) is 83.8 Å². The molecule has 1 amide bonds. The molecule has 4 nitrogen and oxygen atoms in total. The highest BCUT2D eigenvalue weighted by Gasteiger charge is 2.33. The number of methoxy groups -OCH3 is 1. The van der Waals surface area contributed by atoms with Crippen molar-refractivity contribution in [2.75, 3.05) is 13.7 Å². The van der Waals surface area contributed by atoms with Gasteiger partial charge < -0.3 is 4.74 Å². The minimum atomic E-state index is -0.0348. The SMILES string of the molecule is CCc1ccc(N=C2S/C(=C\c3ccc(Cl)cc3)C(=O)N2CCc2ccc(OC)cc2)cc1. The van der Waals surface area contributed by atoms with Gasteiger partial charge in [0.2, 0.25) is 0 Å². The largest absolute Gasteiger partial charge is 0.497 e. The molecule has 0 aliphatic carbocycles. The first kappa shape index (κ1) is 23.1. The monoisotopic (exact) mass is 476 g/mol. The average Bonchev–Trinajstić information content (AvgIpc) is 3.13. The molecule has 3 aromatic rings. The molecule has 3 aromatic carbocycles. The molecule has 4 rings (SSSR count). The van der Waals surface area contributed by atoms with E-state index in [-0.39, 0.29) is 5.91 Å². The summed E-state index contributed by atoms with van der Waals surface area (Å²) < 4.78 is 5.24. The Hall–Kier alpha value is -3.02. The van der Waals surface area contributed by atoms with E-state index in [2.05, 4.69) is 19.1 Å². The molecule has 168 valence electrons. The second-order valence-electron chi connectivity index (χ2n) is 7.63. The van der Waals surface area contributed by atoms with Gasteiger partial charge in [-0.25, -0.2) is 4.99 Å². The van der Waals surface area contributed by atoms with Gasteiger partial charge in [0, 0.05) is 11.6 Å². The Labute approximate surface area is 203 Å². The molecule has 1 fully saturated rings. The number of benzene rings is 3. The molecule has 0 bridgehead atoms. The Morgan fingerprint density at radius 3 is 2.27 bits per heavy atom. The number of thioether (sulfide) groups is 1. The number of amidine groups is 1. The van der Waals surface area contributed by atoms with E-state index in [0.717, 1.165) is 35.4 Å². The van der Waals surface area contributed by atoms with Crippen molar-refractivity contribution >= 4 is 46.2 Å². The summed E-state index contributed by atoms with van der Waals surface area (Å²) in [6.07, 6.45) is 3.59. The molecule has 6 heteroatoms. The van der Waals surface area contributed by atoms with Crippen molar-refractivity contribution in [3.05, 3.63) is 99.4 Å². The molecule has 0 aromatic heterocycles. The van der Waals surface area contributed by atoms with Crippen molar-refractivity contribution in [1.82, 2.24) is 4.90 Å². The van der Waals surface area contributed by atoms with E-state index in [1.807, 2.05) is 66.7 Å². The first-order chi connectivity index (χ1) is 16.1. The van der Waals surface area contributed by atoms with Gasteiger partial charge in [-0.2, -0.15) is 0 Å². The number of amides is 1. The number of halogens is 1. The highest BCUT2D eigenvalue weighted by molar-refractivity contribution is 8.18. The van der Waals surface area contributed by atoms with Gasteiger partial charge in [0.1, 0.15) is 5.75 Å². The standard InChI is InChI=1S/C27H25ClN2O2S/c1-3-19-6-12-23(13-7-19)29-27-30(17-16-20-8-14-24(32-2)15-9-20)26(31)25(33-27)18-21-4-10-22(28)11-5-21/h4-15,18H,3,16-17H2,1-2H3/b25-18-,29-27?. The van der Waals surface area contributed by atoms with Crippen molar-refractivity contribution in [3.63, 3.8) is 0 Å². The minimum Gasteiger partial charge on any atom is -0.497 e. The highest BCUT2D eigenvalue weighted by Crippen LogP contribution is 2.34. The van der Waals surface area contributed by atoms with Gasteiger partial charge in [-0.15, -0.1) is 0 Å². The van der Waals surface area contributed by atoms with Gasteiger partial charge in [0.25, 0.3) is 5.91 Å². The molecule has 1 saturated heterocycles. The van der Waals surface area contributed by atoms with Crippen LogP contribution >= 0.6 is 23.4 Å². The lowest BCUT2D eigenvalue weighted by Crippen LogP contribution is -2.31. The lowest BCUT2D eigenvalue weighted by atomic mass is 10.1. The fourth-order valence-corrected chi connectivity index (χ4v) is 4.60. The maximum Gasteiger partial charge on any atom is 0.266 e. The van der Waals surface area contributed by atoms with Crippen LogP contribution < -0.4 is 4.74 Å². The number of hydrogen-bond acceptors (Lipinski definition) is 4. The third kappa shape index (κ3) is 5.86. The molecule has 1 aliphatic heterocycles. The van der Waals surface area contributed by atoms with Crippen LogP contribution in [0, 0.1) is 0 Å². The normalized spacial score (nSPS) is 16.1. The Bertz CT molecular complexity index is 1170. The van der Waals surface area contributed by atoms with E-state index in [4.69, 9.17) is 21.3 Å². The molecule has 0 unspecified atom stereocenters. The molecule has 33 heavy (non-hydrogen) atoms. The quantitative estimate of drug-likeness (QED) is 0.354. The van der Waals surface area contributed by atoms with Crippen LogP contribution in [0.1, 0.15) is 23.6 Å². The second kappa shape index (κ2) is 10.7. The molecule has 0 atom stereocenters. The summed E-state index contributed by atoms with van der Waals surface area (Å²) in [5, 5.41) is 1.36. The molecule has 0 spiro atoms. The van der Waals surface area contributed by atoms with Gasteiger partial charge in [0.15, 0.2) is 5.17 Å². The zero-order chi connectivity index (χ0) is 23.2. The number of carbonyl (C=O) groups excluding carboxylic acids is 1. The first-order valence-electron chi connectivity index (χ1n) is 10.8. The summed E-state index contributed by atoms with van der Waals surface area (Å²) in [6.45, 7) is 2.67. The highest BCUT2D eigenvalue weighted by atomic mass is 35.5. The van der Waals surface area contributed by atoms with Crippen molar-refractivity contribution < 1.29 is 9.53 Å². The summed E-state index contributed by atoms with van der Waals surface area (Å²) in [5.41, 5.74) is 4.16. The molecule has 0 saturated carbocycles. The van der Waals surface area contributed by atoms with E-state index in [9.17, 15) is 4.79 Å². The lowest BCUT2D eigenvalue weighted by Gasteiger charge is -2.16. The third-order valence-corrected chi connectivity index (χ3v) is 6.67. The van der Waals surface area contributed by atoms with Crippen LogP contribution in [0.25, 0.3) is 6.08 Å². The van der Waals surface area contributed by atoms with E-state index >= 15 is 0 Å². The molecule has 1 aliphatic rings. The topological polar surface area (TPSA) is 41.9 Å². The van der Waals surface area contributed by atoms with Crippen LogP contribution in [0.4, 0.5) is 5.69 Å². The number of nitrogens with zero attached hydrogens (tertiary/aromatic N) is 2. The zero-order valence-corrected chi connectivity index (χ0v) is 20.2. The van der Waals surface area contributed by atoms with Crippen molar-refractivity contribution in [2.45, 2.75) is 19.8 Å². The van der Waals surface area contributed by atoms with Crippen LogP contribution in [0.15, 0.2) is 82.7 Å². The molecule has 0 radical (unpaired) electrons. The lowest BCUT2D eigenvalue weighted by molar-refractivity contribution is -0.122. The Morgan fingerprint density at radius 1 is 0.970 bits per heavy atom. The first-order valence-corrected chi connectivity index (χ1v) is 12.0. The van der Waals surface area contributed by atoms with Gasteiger partial charge in [0.05, 0.1) is 17.7 Å². The second-order valence-corrected chi connectivity index (χ2v) is 9.08. The third-order valence-electron chi connectivity index (χ3n) is 5.41. The Morgan fingerprint density at radius 2 is 1.64 bits per heavy atom. The fraction of sp³-hybridized carbons (Fsp3) is 0.185. The van der Waals surface area contributed by atoms with Crippen molar-refractivity contribution in [3.8, 4) is 5.75 Å². The fourth-order valence-electron chi connectivity index (χ4n) is 3.45. The number of ether oxygens (including phenoxy) is 1. The number of rotatable bonds is 7. The smallest absolute Gasteiger partial charge is 0.266 e. The van der Waals surface area contributed by atoms with Crippen LogP contribution in [0.3, 0.4) is 0 Å². The Balaban J connectivity index is 1.60. The van der Waals surface area contributed by atoms with Gasteiger partial charge in [-0.3, -0.25) is 9.69 Å². The summed E-state index contributed by atoms with van der Waals surface area (Å²) in [7, 11) is 1.65. The van der Waals surface area contributed by atoms with Crippen LogP contribution in [-0.4, -0.2) is 29.6 Å². The zero-order valence-electron chi connectivity index (χ0n) is 18.6. The van der Waals surface area contributed by atoms with Crippen LogP contribution in [0.2, 0.25) is 5.02 Å². The number of carbonyl (C=O) groups is 1. The van der Waals surface area contributed by atoms with Crippen LogP contribution in [-0.2, 0) is 17.6 Å². The summed E-state index contributed by atoms with van der Waals surface area (Å²) in [6, 6.07) is 23.5. The van der Waals surface area contributed by atoms with E-state index in [1.54, 1.807) is 12.0 Å². The molecular formula is C27H25ClN2O2S. The van der Waals surface area contributed by atoms with E-state index in [0.29, 0.717) is 21.6 Å². The number of aryl methyl sites for hydroxylation is 1. The van der Waals surface area contributed by atoms with E-state index < -0.39 is 0 Å².